The Morgan fingerprint density at radius 2 is 2.58 bits per heavy atom. The van der Waals surface area contributed by atoms with E-state index < -0.39 is 0 Å². The number of aromatic amines is 1. The predicted molar refractivity (Wildman–Crippen MR) is 43.4 cm³/mol. The molecule has 0 aliphatic rings. The molecular weight excluding hydrogens is 156 g/mol. The Kier molecular flexibility index (Phi) is 3.25. The van der Waals surface area contributed by atoms with E-state index in [0.29, 0.717) is 13.0 Å². The molecule has 1 aromatic heterocycles. The minimum absolute atomic E-state index is 0.0681. The molecule has 0 fully saturated rings. The van der Waals surface area contributed by atoms with E-state index in [0.717, 1.165) is 12.1 Å². The summed E-state index contributed by atoms with van der Waals surface area (Å²) >= 11 is 0. The van der Waals surface area contributed by atoms with Gasteiger partial charge in [0.1, 0.15) is 0 Å². The van der Waals surface area contributed by atoms with Gasteiger partial charge in [-0.1, -0.05) is 6.92 Å². The van der Waals surface area contributed by atoms with Crippen molar-refractivity contribution in [3.8, 4) is 0 Å². The molecule has 0 aromatic carbocycles. The van der Waals surface area contributed by atoms with E-state index in [1.54, 1.807) is 6.20 Å². The van der Waals surface area contributed by atoms with Gasteiger partial charge >= 0.3 is 0 Å². The molecule has 0 bridgehead atoms. The van der Waals surface area contributed by atoms with E-state index in [1.165, 1.54) is 0 Å². The summed E-state index contributed by atoms with van der Waals surface area (Å²) in [7, 11) is 0. The monoisotopic (exact) mass is 168 g/mol. The molecule has 1 amide bonds. The lowest BCUT2D eigenvalue weighted by atomic mass is 10.3. The maximum atomic E-state index is 10.8. The minimum Gasteiger partial charge on any atom is -0.356 e. The van der Waals surface area contributed by atoms with E-state index >= 15 is 0 Å². The van der Waals surface area contributed by atoms with Crippen LogP contribution in [0.1, 0.15) is 19.0 Å². The lowest BCUT2D eigenvalue weighted by Gasteiger charge is -1.99. The number of hydrogen-bond acceptors (Lipinski definition) is 3. The van der Waals surface area contributed by atoms with Crippen molar-refractivity contribution in [1.82, 2.24) is 20.7 Å². The van der Waals surface area contributed by atoms with E-state index in [-0.39, 0.29) is 5.91 Å². The summed E-state index contributed by atoms with van der Waals surface area (Å²) in [4.78, 5) is 10.8. The number of H-pyrrole nitrogens is 1. The van der Waals surface area contributed by atoms with Gasteiger partial charge < -0.3 is 5.32 Å². The first kappa shape index (κ1) is 8.70. The van der Waals surface area contributed by atoms with Crippen LogP contribution in [-0.2, 0) is 11.2 Å². The normalized spacial score (nSPS) is 9.75. The average Bonchev–Trinajstić information content (AvgIpc) is 2.57. The molecule has 5 nitrogen and oxygen atoms in total. The van der Waals surface area contributed by atoms with Gasteiger partial charge in [0.15, 0.2) is 0 Å². The highest BCUT2D eigenvalue weighted by atomic mass is 16.1. The molecule has 0 aliphatic carbocycles. The van der Waals surface area contributed by atoms with Gasteiger partial charge in [-0.05, 0) is 0 Å². The molecule has 1 rings (SSSR count). The highest BCUT2D eigenvalue weighted by Gasteiger charge is 1.97. The number of rotatable bonds is 4. The van der Waals surface area contributed by atoms with Crippen LogP contribution in [0.2, 0.25) is 0 Å². The number of carbonyl (C=O) groups is 1. The fourth-order valence-corrected chi connectivity index (χ4v) is 0.801. The molecule has 0 spiro atoms. The summed E-state index contributed by atoms with van der Waals surface area (Å²) in [5.74, 6) is 0.0681. The Labute approximate surface area is 70.6 Å². The van der Waals surface area contributed by atoms with Crippen LogP contribution in [0, 0.1) is 0 Å². The molecular formula is C7H12N4O. The van der Waals surface area contributed by atoms with Crippen molar-refractivity contribution in [3.63, 3.8) is 0 Å². The van der Waals surface area contributed by atoms with Crippen molar-refractivity contribution in [2.45, 2.75) is 19.8 Å². The molecule has 5 heteroatoms. The summed E-state index contributed by atoms with van der Waals surface area (Å²) in [5.41, 5.74) is 0.867. The number of nitrogens with zero attached hydrogens (tertiary/aromatic N) is 2. The van der Waals surface area contributed by atoms with Crippen molar-refractivity contribution < 1.29 is 4.79 Å². The summed E-state index contributed by atoms with van der Waals surface area (Å²) in [6.07, 6.45) is 2.90. The van der Waals surface area contributed by atoms with Crippen LogP contribution in [0.5, 0.6) is 0 Å². The summed E-state index contributed by atoms with van der Waals surface area (Å²) in [6, 6.07) is 0. The largest absolute Gasteiger partial charge is 0.356 e. The zero-order valence-electron chi connectivity index (χ0n) is 7.00. The molecule has 2 N–H and O–H groups in total. The molecule has 0 unspecified atom stereocenters. The summed E-state index contributed by atoms with van der Waals surface area (Å²) in [5, 5.41) is 12.8. The lowest BCUT2D eigenvalue weighted by Crippen LogP contribution is -2.24. The maximum absolute atomic E-state index is 10.8. The van der Waals surface area contributed by atoms with Gasteiger partial charge in [0.25, 0.3) is 0 Å². The highest BCUT2D eigenvalue weighted by Crippen LogP contribution is 1.88. The molecule has 0 aliphatic heterocycles. The molecule has 0 radical (unpaired) electrons. The summed E-state index contributed by atoms with van der Waals surface area (Å²) < 4.78 is 0. The van der Waals surface area contributed by atoms with E-state index in [1.807, 2.05) is 6.92 Å². The topological polar surface area (TPSA) is 70.7 Å². The van der Waals surface area contributed by atoms with Crippen LogP contribution in [-0.4, -0.2) is 27.9 Å². The quantitative estimate of drug-likeness (QED) is 0.658. The van der Waals surface area contributed by atoms with Gasteiger partial charge in [-0.25, -0.2) is 0 Å². The van der Waals surface area contributed by atoms with Gasteiger partial charge in [0.05, 0.1) is 11.9 Å². The Bertz CT molecular complexity index is 232. The Hall–Kier alpha value is -1.39. The van der Waals surface area contributed by atoms with Gasteiger partial charge in [-0.3, -0.25) is 4.79 Å². The van der Waals surface area contributed by atoms with Crippen molar-refractivity contribution in [1.29, 1.82) is 0 Å². The first-order chi connectivity index (χ1) is 5.83. The molecule has 66 valence electrons. The zero-order chi connectivity index (χ0) is 8.81. The third kappa shape index (κ3) is 2.69. The standard InChI is InChI=1S/C7H12N4O/c1-2-7(12)8-4-3-6-5-9-11-10-6/h5H,2-4H2,1H3,(H,8,12)(H,9,10,11). The molecule has 0 saturated heterocycles. The smallest absolute Gasteiger partial charge is 0.219 e. The minimum atomic E-state index is 0.0681. The Morgan fingerprint density at radius 1 is 1.75 bits per heavy atom. The number of hydrogen-bond donors (Lipinski definition) is 2. The molecule has 0 saturated carbocycles. The van der Waals surface area contributed by atoms with Crippen molar-refractivity contribution >= 4 is 5.91 Å². The van der Waals surface area contributed by atoms with Crippen LogP contribution in [0.4, 0.5) is 0 Å². The van der Waals surface area contributed by atoms with Crippen molar-refractivity contribution in [3.05, 3.63) is 11.9 Å². The number of amides is 1. The second-order valence-corrected chi connectivity index (χ2v) is 2.41. The van der Waals surface area contributed by atoms with Gasteiger partial charge in [-0.15, -0.1) is 0 Å². The third-order valence-corrected chi connectivity index (χ3v) is 1.49. The van der Waals surface area contributed by atoms with Gasteiger partial charge in [0, 0.05) is 19.4 Å². The molecule has 12 heavy (non-hydrogen) atoms. The maximum Gasteiger partial charge on any atom is 0.219 e. The molecule has 1 heterocycles. The number of aromatic nitrogens is 3. The SMILES string of the molecule is CCC(=O)NCCc1cn[nH]n1. The highest BCUT2D eigenvalue weighted by molar-refractivity contribution is 5.75. The zero-order valence-corrected chi connectivity index (χ0v) is 7.00. The van der Waals surface area contributed by atoms with E-state index in [9.17, 15) is 4.79 Å². The lowest BCUT2D eigenvalue weighted by molar-refractivity contribution is -0.120. The second kappa shape index (κ2) is 4.48. The summed E-state index contributed by atoms with van der Waals surface area (Å²) in [6.45, 7) is 2.45. The van der Waals surface area contributed by atoms with Crippen molar-refractivity contribution in [2.24, 2.45) is 0 Å². The third-order valence-electron chi connectivity index (χ3n) is 1.49. The first-order valence-electron chi connectivity index (χ1n) is 3.94. The van der Waals surface area contributed by atoms with Crippen LogP contribution in [0.25, 0.3) is 0 Å². The van der Waals surface area contributed by atoms with Crippen LogP contribution in [0.15, 0.2) is 6.20 Å². The van der Waals surface area contributed by atoms with Gasteiger partial charge in [0.2, 0.25) is 5.91 Å². The molecule has 0 atom stereocenters. The number of nitrogens with one attached hydrogen (secondary N) is 2. The fraction of sp³-hybridized carbons (Fsp3) is 0.571. The average molecular weight is 168 g/mol. The second-order valence-electron chi connectivity index (χ2n) is 2.41. The Balaban J connectivity index is 2.15. The van der Waals surface area contributed by atoms with Crippen LogP contribution in [0.3, 0.4) is 0 Å². The Morgan fingerprint density at radius 3 is 3.17 bits per heavy atom. The van der Waals surface area contributed by atoms with E-state index in [4.69, 9.17) is 0 Å². The van der Waals surface area contributed by atoms with Gasteiger partial charge in [-0.2, -0.15) is 15.4 Å². The first-order valence-corrected chi connectivity index (χ1v) is 3.94. The van der Waals surface area contributed by atoms with Crippen molar-refractivity contribution in [2.75, 3.05) is 6.54 Å². The fourth-order valence-electron chi connectivity index (χ4n) is 0.801. The predicted octanol–water partition coefficient (Wildman–Crippen LogP) is -0.127. The van der Waals surface area contributed by atoms with Crippen LogP contribution < -0.4 is 5.32 Å². The van der Waals surface area contributed by atoms with Crippen LogP contribution >= 0.6 is 0 Å². The number of carbonyl (C=O) groups excluding carboxylic acids is 1. The van der Waals surface area contributed by atoms with E-state index in [2.05, 4.69) is 20.7 Å². The molecule has 1 aromatic rings.